The lowest BCUT2D eigenvalue weighted by atomic mass is 9.93. The first-order valence-electron chi connectivity index (χ1n) is 7.36. The Morgan fingerprint density at radius 1 is 1.17 bits per heavy atom. The summed E-state index contributed by atoms with van der Waals surface area (Å²) < 4.78 is 27.3. The molecule has 0 saturated heterocycles. The molecular weight excluding hydrogens is 314 g/mol. The highest BCUT2D eigenvalue weighted by molar-refractivity contribution is 7.92. The fourth-order valence-electron chi connectivity index (χ4n) is 2.88. The number of carboxylic acids is 1. The van der Waals surface area contributed by atoms with Gasteiger partial charge in [0.2, 0.25) is 0 Å². The van der Waals surface area contributed by atoms with E-state index < -0.39 is 16.0 Å². The minimum Gasteiger partial charge on any atom is -0.478 e. The smallest absolute Gasteiger partial charge is 0.335 e. The third-order valence-corrected chi connectivity index (χ3v) is 5.98. The summed E-state index contributed by atoms with van der Waals surface area (Å²) in [6.07, 6.45) is 0.731. The molecule has 2 aromatic carbocycles. The Bertz CT molecular complexity index is 860. The maximum atomic E-state index is 13.0. The molecule has 0 fully saturated rings. The molecule has 0 aliphatic carbocycles. The third-order valence-electron chi connectivity index (χ3n) is 4.17. The van der Waals surface area contributed by atoms with Gasteiger partial charge in [0.15, 0.2) is 0 Å². The van der Waals surface area contributed by atoms with Crippen LogP contribution in [0.25, 0.3) is 0 Å². The van der Waals surface area contributed by atoms with E-state index in [2.05, 4.69) is 6.92 Å². The van der Waals surface area contributed by atoms with Gasteiger partial charge in [-0.2, -0.15) is 0 Å². The van der Waals surface area contributed by atoms with Crippen molar-refractivity contribution in [1.29, 1.82) is 0 Å². The molecule has 3 rings (SSSR count). The van der Waals surface area contributed by atoms with E-state index in [0.717, 1.165) is 12.0 Å². The summed E-state index contributed by atoms with van der Waals surface area (Å²) in [4.78, 5) is 11.1. The molecule has 1 heterocycles. The van der Waals surface area contributed by atoms with Crippen LogP contribution in [-0.4, -0.2) is 26.0 Å². The number of rotatable bonds is 3. The lowest BCUT2D eigenvalue weighted by Crippen LogP contribution is -2.36. The Labute approximate surface area is 135 Å². The molecule has 0 spiro atoms. The van der Waals surface area contributed by atoms with E-state index in [1.165, 1.54) is 28.6 Å². The quantitative estimate of drug-likeness (QED) is 0.938. The number of fused-ring (bicyclic) bond motifs is 1. The molecular formula is C17H17NO4S. The first-order chi connectivity index (χ1) is 10.9. The van der Waals surface area contributed by atoms with Crippen LogP contribution in [0.3, 0.4) is 0 Å². The number of para-hydroxylation sites is 1. The van der Waals surface area contributed by atoms with Gasteiger partial charge in [0.05, 0.1) is 16.1 Å². The molecule has 1 aliphatic rings. The summed E-state index contributed by atoms with van der Waals surface area (Å²) >= 11 is 0. The van der Waals surface area contributed by atoms with Crippen molar-refractivity contribution in [3.05, 3.63) is 59.7 Å². The average molecular weight is 331 g/mol. The van der Waals surface area contributed by atoms with E-state index in [4.69, 9.17) is 5.11 Å². The van der Waals surface area contributed by atoms with Gasteiger partial charge in [0.1, 0.15) is 0 Å². The Balaban J connectivity index is 2.09. The van der Waals surface area contributed by atoms with Gasteiger partial charge in [-0.25, -0.2) is 13.2 Å². The molecule has 0 radical (unpaired) electrons. The van der Waals surface area contributed by atoms with Gasteiger partial charge in [-0.1, -0.05) is 31.2 Å². The standard InChI is InChI=1S/C17H17NO4S/c1-12-9-10-18(16-8-3-2-7-15(12)16)23(21,22)14-6-4-5-13(11-14)17(19)20/h2-8,11-12H,9-10H2,1H3,(H,19,20)/t12-/m1/s1. The molecule has 120 valence electrons. The molecule has 6 heteroatoms. The second-order valence-corrected chi connectivity index (χ2v) is 7.52. The van der Waals surface area contributed by atoms with Crippen molar-refractivity contribution in [2.75, 3.05) is 10.8 Å². The van der Waals surface area contributed by atoms with Gasteiger partial charge in [0, 0.05) is 6.54 Å². The highest BCUT2D eigenvalue weighted by Crippen LogP contribution is 2.37. The highest BCUT2D eigenvalue weighted by atomic mass is 32.2. The average Bonchev–Trinajstić information content (AvgIpc) is 2.55. The number of hydrogen-bond acceptors (Lipinski definition) is 3. The van der Waals surface area contributed by atoms with E-state index in [1.807, 2.05) is 18.2 Å². The summed E-state index contributed by atoms with van der Waals surface area (Å²) in [6, 6.07) is 12.9. The van der Waals surface area contributed by atoms with Crippen molar-refractivity contribution in [3.8, 4) is 0 Å². The molecule has 0 unspecified atom stereocenters. The van der Waals surface area contributed by atoms with Gasteiger partial charge >= 0.3 is 5.97 Å². The first-order valence-corrected chi connectivity index (χ1v) is 8.80. The molecule has 5 nitrogen and oxygen atoms in total. The van der Waals surface area contributed by atoms with Crippen molar-refractivity contribution in [3.63, 3.8) is 0 Å². The molecule has 23 heavy (non-hydrogen) atoms. The summed E-state index contributed by atoms with van der Waals surface area (Å²) in [6.45, 7) is 2.46. The summed E-state index contributed by atoms with van der Waals surface area (Å²) in [5, 5.41) is 9.07. The van der Waals surface area contributed by atoms with Crippen LogP contribution in [0.1, 0.15) is 35.2 Å². The van der Waals surface area contributed by atoms with E-state index in [9.17, 15) is 13.2 Å². The van der Waals surface area contributed by atoms with Gasteiger partial charge < -0.3 is 5.11 Å². The molecule has 1 atom stereocenters. The van der Waals surface area contributed by atoms with Crippen LogP contribution in [0.4, 0.5) is 5.69 Å². The number of hydrogen-bond donors (Lipinski definition) is 1. The largest absolute Gasteiger partial charge is 0.478 e. The van der Waals surface area contributed by atoms with E-state index in [-0.39, 0.29) is 10.5 Å². The fourth-order valence-corrected chi connectivity index (χ4v) is 4.44. The van der Waals surface area contributed by atoms with Gasteiger partial charge in [-0.3, -0.25) is 4.31 Å². The number of benzene rings is 2. The van der Waals surface area contributed by atoms with Crippen molar-refractivity contribution in [2.45, 2.75) is 24.2 Å². The second-order valence-electron chi connectivity index (χ2n) is 5.66. The van der Waals surface area contributed by atoms with Gasteiger partial charge in [0.25, 0.3) is 10.0 Å². The lowest BCUT2D eigenvalue weighted by Gasteiger charge is -2.33. The minimum absolute atomic E-state index is 0.00163. The van der Waals surface area contributed by atoms with Crippen molar-refractivity contribution < 1.29 is 18.3 Å². The van der Waals surface area contributed by atoms with Crippen molar-refractivity contribution in [1.82, 2.24) is 0 Å². The Kier molecular flexibility index (Phi) is 3.85. The Morgan fingerprint density at radius 3 is 2.65 bits per heavy atom. The first kappa shape index (κ1) is 15.6. The van der Waals surface area contributed by atoms with Crippen LogP contribution in [0.15, 0.2) is 53.4 Å². The maximum Gasteiger partial charge on any atom is 0.335 e. The lowest BCUT2D eigenvalue weighted by molar-refractivity contribution is 0.0696. The van der Waals surface area contributed by atoms with Gasteiger partial charge in [-0.15, -0.1) is 0 Å². The number of anilines is 1. The predicted octanol–water partition coefficient (Wildman–Crippen LogP) is 3.09. The molecule has 0 aromatic heterocycles. The summed E-state index contributed by atoms with van der Waals surface area (Å²) in [5.74, 6) is -0.849. The minimum atomic E-state index is -3.78. The monoisotopic (exact) mass is 331 g/mol. The third kappa shape index (κ3) is 2.70. The number of carboxylic acid groups (broad SMARTS) is 1. The van der Waals surface area contributed by atoms with Crippen LogP contribution < -0.4 is 4.31 Å². The highest BCUT2D eigenvalue weighted by Gasteiger charge is 2.31. The fraction of sp³-hybridized carbons (Fsp3) is 0.235. The molecule has 1 N–H and O–H groups in total. The zero-order valence-electron chi connectivity index (χ0n) is 12.6. The predicted molar refractivity (Wildman–Crippen MR) is 87.4 cm³/mol. The Morgan fingerprint density at radius 2 is 1.91 bits per heavy atom. The number of nitrogens with zero attached hydrogens (tertiary/aromatic N) is 1. The summed E-state index contributed by atoms with van der Waals surface area (Å²) in [7, 11) is -3.78. The van der Waals surface area contributed by atoms with Crippen LogP contribution in [-0.2, 0) is 10.0 Å². The van der Waals surface area contributed by atoms with Crippen LogP contribution >= 0.6 is 0 Å². The molecule has 0 bridgehead atoms. The van der Waals surface area contributed by atoms with Crippen LogP contribution in [0, 0.1) is 0 Å². The van der Waals surface area contributed by atoms with Gasteiger partial charge in [-0.05, 0) is 42.2 Å². The number of sulfonamides is 1. The summed E-state index contributed by atoms with van der Waals surface area (Å²) in [5.41, 5.74) is 1.63. The number of carbonyl (C=O) groups is 1. The van der Waals surface area contributed by atoms with Crippen LogP contribution in [0.2, 0.25) is 0 Å². The topological polar surface area (TPSA) is 74.7 Å². The molecule has 1 aliphatic heterocycles. The van der Waals surface area contributed by atoms with E-state index in [0.29, 0.717) is 18.2 Å². The zero-order valence-corrected chi connectivity index (χ0v) is 13.5. The zero-order chi connectivity index (χ0) is 16.6. The number of aromatic carboxylic acids is 1. The SMILES string of the molecule is C[C@@H]1CCN(S(=O)(=O)c2cccc(C(=O)O)c2)c2ccccc21. The second kappa shape index (κ2) is 5.70. The van der Waals surface area contributed by atoms with Crippen LogP contribution in [0.5, 0.6) is 0 Å². The molecule has 0 amide bonds. The van der Waals surface area contributed by atoms with Crippen molar-refractivity contribution in [2.24, 2.45) is 0 Å². The molecule has 2 aromatic rings. The van der Waals surface area contributed by atoms with E-state index >= 15 is 0 Å². The molecule has 0 saturated carbocycles. The normalized spacial score (nSPS) is 17.6. The Hall–Kier alpha value is -2.34. The van der Waals surface area contributed by atoms with E-state index in [1.54, 1.807) is 6.07 Å². The van der Waals surface area contributed by atoms with Crippen molar-refractivity contribution >= 4 is 21.7 Å². The maximum absolute atomic E-state index is 13.0.